The summed E-state index contributed by atoms with van der Waals surface area (Å²) in [5, 5.41) is 7.00. The van der Waals surface area contributed by atoms with E-state index >= 15 is 0 Å². The molecule has 1 N–H and O–H groups in total. The summed E-state index contributed by atoms with van der Waals surface area (Å²) in [5.41, 5.74) is 0. The SMILES string of the molecule is CO.[Cl][Pd]. The van der Waals surface area contributed by atoms with E-state index in [4.69, 9.17) is 5.11 Å². The Balaban J connectivity index is 0. The molecule has 1 nitrogen and oxygen atoms in total. The molecule has 0 amide bonds. The molecule has 0 saturated heterocycles. The van der Waals surface area contributed by atoms with E-state index in [-0.39, 0.29) is 0 Å². The van der Waals surface area contributed by atoms with Gasteiger partial charge in [0.25, 0.3) is 0 Å². The van der Waals surface area contributed by atoms with Gasteiger partial charge in [-0.3, -0.25) is 0 Å². The molecule has 31 valence electrons. The second-order valence-electron chi connectivity index (χ2n) is 0. The maximum atomic E-state index is 7.00. The molecule has 0 atom stereocenters. The van der Waals surface area contributed by atoms with Crippen LogP contribution in [0.15, 0.2) is 0 Å². The molecule has 0 aliphatic heterocycles. The first-order valence-electron chi connectivity index (χ1n) is 0.567. The van der Waals surface area contributed by atoms with Crippen LogP contribution in [0.2, 0.25) is 0 Å². The third-order valence-corrected chi connectivity index (χ3v) is 0. The fraction of sp³-hybridized carbons (Fsp3) is 1.00. The van der Waals surface area contributed by atoms with Gasteiger partial charge >= 0.3 is 27.7 Å². The Morgan fingerprint density at radius 3 is 1.50 bits per heavy atom. The van der Waals surface area contributed by atoms with Crippen molar-refractivity contribution in [3.63, 3.8) is 0 Å². The third-order valence-electron chi connectivity index (χ3n) is 0. The van der Waals surface area contributed by atoms with Gasteiger partial charge in [0.2, 0.25) is 0 Å². The topological polar surface area (TPSA) is 20.2 Å². The number of aliphatic hydroxyl groups excluding tert-OH is 1. The van der Waals surface area contributed by atoms with Crippen molar-refractivity contribution in [3.8, 4) is 0 Å². The zero-order valence-electron chi connectivity index (χ0n) is 2.14. The Kier molecular flexibility index (Phi) is 88.4. The second-order valence-corrected chi connectivity index (χ2v) is 0. The Hall–Kier alpha value is 0.912. The van der Waals surface area contributed by atoms with Gasteiger partial charge in [-0.15, -0.1) is 0 Å². The summed E-state index contributed by atoms with van der Waals surface area (Å²) in [6.07, 6.45) is 0. The molecule has 3 heteroatoms. The van der Waals surface area contributed by atoms with Crippen molar-refractivity contribution in [1.29, 1.82) is 0 Å². The molecule has 0 spiro atoms. The summed E-state index contributed by atoms with van der Waals surface area (Å²) >= 11 is 2.22. The summed E-state index contributed by atoms with van der Waals surface area (Å²) in [4.78, 5) is 0. The number of hydrogen-bond acceptors (Lipinski definition) is 1. The van der Waals surface area contributed by atoms with Crippen LogP contribution in [0.3, 0.4) is 0 Å². The maximum absolute atomic E-state index is 7.00. The molecule has 4 heavy (non-hydrogen) atoms. The minimum absolute atomic E-state index is 1.00. The molecular formula is CH4ClOPd. The van der Waals surface area contributed by atoms with Crippen LogP contribution in [0.5, 0.6) is 0 Å². The molecule has 0 aromatic heterocycles. The molecule has 0 aromatic rings. The van der Waals surface area contributed by atoms with E-state index in [1.807, 2.05) is 0 Å². The van der Waals surface area contributed by atoms with Gasteiger partial charge in [-0.2, -0.15) is 0 Å². The molecular weight excluding hydrogens is 170 g/mol. The zero-order valence-corrected chi connectivity index (χ0v) is 4.45. The molecule has 0 radical (unpaired) electrons. The molecule has 0 heterocycles. The van der Waals surface area contributed by atoms with Crippen LogP contribution in [-0.2, 0) is 18.2 Å². The van der Waals surface area contributed by atoms with Crippen molar-refractivity contribution >= 4 is 9.53 Å². The molecule has 0 aliphatic carbocycles. The van der Waals surface area contributed by atoms with E-state index in [2.05, 4.69) is 27.7 Å². The Labute approximate surface area is 40.3 Å². The molecule has 0 aliphatic rings. The molecule has 0 fully saturated rings. The van der Waals surface area contributed by atoms with E-state index in [0.29, 0.717) is 0 Å². The Morgan fingerprint density at radius 1 is 1.50 bits per heavy atom. The molecule has 0 aromatic carbocycles. The Bertz CT molecular complexity index is 8.00. The first kappa shape index (κ1) is 8.86. The van der Waals surface area contributed by atoms with Gasteiger partial charge in [0.1, 0.15) is 0 Å². The summed E-state index contributed by atoms with van der Waals surface area (Å²) in [5.74, 6) is 0. The summed E-state index contributed by atoms with van der Waals surface area (Å²) in [6, 6.07) is 0. The second kappa shape index (κ2) is 39.9. The predicted molar refractivity (Wildman–Crippen MR) is 14.0 cm³/mol. The van der Waals surface area contributed by atoms with Crippen LogP contribution < -0.4 is 0 Å². The van der Waals surface area contributed by atoms with E-state index in [1.165, 1.54) is 0 Å². The molecule has 0 bridgehead atoms. The first-order valence-corrected chi connectivity index (χ1v) is 2.57. The fourth-order valence-corrected chi connectivity index (χ4v) is 0. The third kappa shape index (κ3) is 12.8. The van der Waals surface area contributed by atoms with Crippen molar-refractivity contribution in [2.75, 3.05) is 7.11 Å². The van der Waals surface area contributed by atoms with Gasteiger partial charge in [-0.05, 0) is 0 Å². The van der Waals surface area contributed by atoms with Gasteiger partial charge < -0.3 is 5.11 Å². The summed E-state index contributed by atoms with van der Waals surface area (Å²) in [6.45, 7) is 0. The average Bonchev–Trinajstić information content (AvgIpc) is 1.50. The number of hydrogen-bond donors (Lipinski definition) is 1. The molecule has 0 rings (SSSR count). The number of aliphatic hydroxyl groups is 1. The fourth-order valence-electron chi connectivity index (χ4n) is 0. The average molecular weight is 174 g/mol. The van der Waals surface area contributed by atoms with E-state index in [1.54, 1.807) is 0 Å². The predicted octanol–water partition coefficient (Wildman–Crippen LogP) is 0.295. The van der Waals surface area contributed by atoms with Crippen molar-refractivity contribution in [3.05, 3.63) is 0 Å². The molecule has 0 saturated carbocycles. The normalized spacial score (nSPS) is 3.25. The molecule has 0 unspecified atom stereocenters. The van der Waals surface area contributed by atoms with Crippen LogP contribution in [-0.4, -0.2) is 12.2 Å². The first-order chi connectivity index (χ1) is 2.00. The van der Waals surface area contributed by atoms with Crippen LogP contribution >= 0.6 is 9.53 Å². The van der Waals surface area contributed by atoms with Crippen LogP contribution in [0.25, 0.3) is 0 Å². The van der Waals surface area contributed by atoms with Crippen LogP contribution in [0, 0.1) is 0 Å². The van der Waals surface area contributed by atoms with Crippen molar-refractivity contribution in [2.45, 2.75) is 0 Å². The van der Waals surface area contributed by atoms with E-state index in [9.17, 15) is 0 Å². The van der Waals surface area contributed by atoms with Crippen molar-refractivity contribution in [2.24, 2.45) is 0 Å². The number of rotatable bonds is 0. The van der Waals surface area contributed by atoms with Gasteiger partial charge in [-0.25, -0.2) is 0 Å². The van der Waals surface area contributed by atoms with Crippen molar-refractivity contribution in [1.82, 2.24) is 0 Å². The van der Waals surface area contributed by atoms with Gasteiger partial charge in [-0.1, -0.05) is 0 Å². The van der Waals surface area contributed by atoms with Gasteiger partial charge in [0.15, 0.2) is 0 Å². The van der Waals surface area contributed by atoms with Gasteiger partial charge in [0.05, 0.1) is 0 Å². The summed E-state index contributed by atoms with van der Waals surface area (Å²) in [7, 11) is 5.49. The zero-order chi connectivity index (χ0) is 4.00. The quantitative estimate of drug-likeness (QED) is 0.523. The monoisotopic (exact) mass is 173 g/mol. The standard InChI is InChI=1S/CH4O.ClH.Pd/c1-2;;/h2H,1H3;1H;/q;;+1/p-1. The minimum atomic E-state index is 1.00. The van der Waals surface area contributed by atoms with E-state index in [0.717, 1.165) is 7.11 Å². The number of halogens is 1. The Morgan fingerprint density at radius 2 is 1.50 bits per heavy atom. The van der Waals surface area contributed by atoms with Gasteiger partial charge in [0, 0.05) is 7.11 Å². The van der Waals surface area contributed by atoms with Crippen molar-refractivity contribution < 1.29 is 23.3 Å². The van der Waals surface area contributed by atoms with Crippen LogP contribution in [0.4, 0.5) is 0 Å². The van der Waals surface area contributed by atoms with E-state index < -0.39 is 0 Å². The summed E-state index contributed by atoms with van der Waals surface area (Å²) < 4.78 is 0. The van der Waals surface area contributed by atoms with Crippen LogP contribution in [0.1, 0.15) is 0 Å².